The van der Waals surface area contributed by atoms with Crippen LogP contribution in [0.3, 0.4) is 0 Å². The maximum absolute atomic E-state index is 11.9. The van der Waals surface area contributed by atoms with Gasteiger partial charge in [0, 0.05) is 32.5 Å². The van der Waals surface area contributed by atoms with Gasteiger partial charge in [-0.05, 0) is 36.8 Å². The Bertz CT molecular complexity index is 804. The molecule has 2 rings (SSSR count). The van der Waals surface area contributed by atoms with Crippen molar-refractivity contribution in [1.82, 2.24) is 14.8 Å². The number of methoxy groups -OCH3 is 2. The summed E-state index contributed by atoms with van der Waals surface area (Å²) < 4.78 is 12.2. The van der Waals surface area contributed by atoms with Gasteiger partial charge in [-0.15, -0.1) is 24.0 Å². The van der Waals surface area contributed by atoms with Crippen molar-refractivity contribution in [3.63, 3.8) is 0 Å². The van der Waals surface area contributed by atoms with E-state index < -0.39 is 5.97 Å². The van der Waals surface area contributed by atoms with Gasteiger partial charge in [0.1, 0.15) is 11.3 Å². The number of aliphatic imine (C=N–C) groups is 1. The van der Waals surface area contributed by atoms with Gasteiger partial charge >= 0.3 is 5.97 Å². The van der Waals surface area contributed by atoms with E-state index in [4.69, 9.17) is 14.5 Å². The molecule has 0 aliphatic carbocycles. The van der Waals surface area contributed by atoms with Gasteiger partial charge in [0.05, 0.1) is 27.3 Å². The molecule has 0 aliphatic heterocycles. The summed E-state index contributed by atoms with van der Waals surface area (Å²) in [6, 6.07) is 9.54. The summed E-state index contributed by atoms with van der Waals surface area (Å²) in [5.74, 6) is 0.863. The molecule has 0 atom stereocenters. The van der Waals surface area contributed by atoms with Gasteiger partial charge < -0.3 is 24.3 Å². The molecule has 8 heteroatoms. The molecule has 7 nitrogen and oxygen atoms in total. The molecule has 0 spiro atoms. The molecule has 28 heavy (non-hydrogen) atoms. The molecular weight excluding hydrogens is 471 g/mol. The number of halogens is 1. The molecule has 1 aromatic heterocycles. The molecule has 0 radical (unpaired) electrons. The molecular formula is C20H29IN4O3. The fourth-order valence-corrected chi connectivity index (χ4v) is 2.74. The second-order valence-corrected chi connectivity index (χ2v) is 6.16. The number of benzene rings is 1. The number of guanidine groups is 1. The third-order valence-electron chi connectivity index (χ3n) is 4.23. The Kier molecular flexibility index (Phi) is 9.84. The summed E-state index contributed by atoms with van der Waals surface area (Å²) >= 11 is 0. The average molecular weight is 500 g/mol. The minimum atomic E-state index is -0.426. The van der Waals surface area contributed by atoms with Gasteiger partial charge in [-0.25, -0.2) is 9.79 Å². The van der Waals surface area contributed by atoms with Crippen molar-refractivity contribution in [2.45, 2.75) is 20.0 Å². The van der Waals surface area contributed by atoms with E-state index in [-0.39, 0.29) is 24.0 Å². The number of hydrogen-bond acceptors (Lipinski definition) is 4. The minimum Gasteiger partial charge on any atom is -0.496 e. The number of ether oxygens (including phenoxy) is 2. The van der Waals surface area contributed by atoms with Crippen LogP contribution in [0.4, 0.5) is 0 Å². The molecule has 0 fully saturated rings. The topological polar surface area (TPSA) is 68.1 Å². The predicted octanol–water partition coefficient (Wildman–Crippen LogP) is 3.04. The number of esters is 1. The normalized spacial score (nSPS) is 10.8. The molecule has 154 valence electrons. The standard InChI is InChI=1S/C20H28N4O3.HI/c1-6-21-20(24(3)14-16-8-7-11-23(16)2)22-13-15-9-10-18(26-4)17(12-15)19(25)27-5;/h7-12H,6,13-14H2,1-5H3,(H,21,22);1H. The number of nitrogens with zero attached hydrogens (tertiary/aromatic N) is 3. The summed E-state index contributed by atoms with van der Waals surface area (Å²) in [5, 5.41) is 3.31. The molecule has 0 saturated heterocycles. The number of rotatable bonds is 7. The monoisotopic (exact) mass is 500 g/mol. The van der Waals surface area contributed by atoms with Crippen LogP contribution in [0.25, 0.3) is 0 Å². The summed E-state index contributed by atoms with van der Waals surface area (Å²) in [4.78, 5) is 18.7. The van der Waals surface area contributed by atoms with Gasteiger partial charge in [-0.3, -0.25) is 0 Å². The molecule has 0 aliphatic rings. The highest BCUT2D eigenvalue weighted by Crippen LogP contribution is 2.21. The van der Waals surface area contributed by atoms with E-state index in [1.54, 1.807) is 12.1 Å². The highest BCUT2D eigenvalue weighted by Gasteiger charge is 2.14. The number of carbonyl (C=O) groups excluding carboxylic acids is 1. The van der Waals surface area contributed by atoms with E-state index >= 15 is 0 Å². The third-order valence-corrected chi connectivity index (χ3v) is 4.23. The first kappa shape index (κ1) is 23.8. The maximum atomic E-state index is 11.9. The molecule has 1 aromatic carbocycles. The smallest absolute Gasteiger partial charge is 0.341 e. The van der Waals surface area contributed by atoms with Crippen LogP contribution in [0.1, 0.15) is 28.5 Å². The van der Waals surface area contributed by atoms with Gasteiger partial charge in [0.2, 0.25) is 0 Å². The Morgan fingerprint density at radius 3 is 2.61 bits per heavy atom. The molecule has 0 saturated carbocycles. The van der Waals surface area contributed by atoms with Crippen LogP contribution in [0.2, 0.25) is 0 Å². The average Bonchev–Trinajstić information content (AvgIpc) is 3.08. The highest BCUT2D eigenvalue weighted by atomic mass is 127. The molecule has 0 amide bonds. The number of aromatic nitrogens is 1. The van der Waals surface area contributed by atoms with E-state index in [2.05, 4.69) is 20.9 Å². The van der Waals surface area contributed by atoms with E-state index in [1.165, 1.54) is 19.9 Å². The maximum Gasteiger partial charge on any atom is 0.341 e. The van der Waals surface area contributed by atoms with Gasteiger partial charge in [-0.1, -0.05) is 6.07 Å². The van der Waals surface area contributed by atoms with E-state index in [0.29, 0.717) is 17.9 Å². The second-order valence-electron chi connectivity index (χ2n) is 6.16. The minimum absolute atomic E-state index is 0. The van der Waals surface area contributed by atoms with Crippen molar-refractivity contribution >= 4 is 35.9 Å². The number of carbonyl (C=O) groups is 1. The Balaban J connectivity index is 0.00000392. The highest BCUT2D eigenvalue weighted by molar-refractivity contribution is 14.0. The Hall–Kier alpha value is -2.23. The predicted molar refractivity (Wildman–Crippen MR) is 121 cm³/mol. The van der Waals surface area contributed by atoms with E-state index in [0.717, 1.165) is 24.6 Å². The van der Waals surface area contributed by atoms with Crippen LogP contribution < -0.4 is 10.1 Å². The fraction of sp³-hybridized carbons (Fsp3) is 0.400. The zero-order valence-corrected chi connectivity index (χ0v) is 19.4. The Labute approximate surface area is 183 Å². The Morgan fingerprint density at radius 2 is 2.04 bits per heavy atom. The molecule has 1 N–H and O–H groups in total. The quantitative estimate of drug-likeness (QED) is 0.274. The number of aryl methyl sites for hydroxylation is 1. The summed E-state index contributed by atoms with van der Waals surface area (Å²) in [6.45, 7) is 3.99. The summed E-state index contributed by atoms with van der Waals surface area (Å²) in [6.07, 6.45) is 2.03. The van der Waals surface area contributed by atoms with E-state index in [9.17, 15) is 4.79 Å². The van der Waals surface area contributed by atoms with Gasteiger partial charge in [0.15, 0.2) is 5.96 Å². The van der Waals surface area contributed by atoms with Crippen molar-refractivity contribution in [2.24, 2.45) is 12.0 Å². The molecule has 2 aromatic rings. The number of hydrogen-bond donors (Lipinski definition) is 1. The summed E-state index contributed by atoms with van der Waals surface area (Å²) in [7, 11) is 6.91. The first-order chi connectivity index (χ1) is 13.0. The third kappa shape index (κ3) is 6.15. The molecule has 0 bridgehead atoms. The van der Waals surface area contributed by atoms with Crippen LogP contribution in [0.15, 0.2) is 41.5 Å². The van der Waals surface area contributed by atoms with Crippen molar-refractivity contribution in [3.8, 4) is 5.75 Å². The lowest BCUT2D eigenvalue weighted by Gasteiger charge is -2.22. The lowest BCUT2D eigenvalue weighted by Crippen LogP contribution is -2.38. The molecule has 1 heterocycles. The van der Waals surface area contributed by atoms with Crippen LogP contribution in [-0.4, -0.2) is 49.2 Å². The van der Waals surface area contributed by atoms with Crippen LogP contribution in [0.5, 0.6) is 5.75 Å². The fourth-order valence-electron chi connectivity index (χ4n) is 2.74. The largest absolute Gasteiger partial charge is 0.496 e. The van der Waals surface area contributed by atoms with Gasteiger partial charge in [0.25, 0.3) is 0 Å². The second kappa shape index (κ2) is 11.6. The first-order valence-corrected chi connectivity index (χ1v) is 8.85. The summed E-state index contributed by atoms with van der Waals surface area (Å²) in [5.41, 5.74) is 2.49. The van der Waals surface area contributed by atoms with Crippen LogP contribution in [-0.2, 0) is 24.9 Å². The van der Waals surface area contributed by atoms with Crippen molar-refractivity contribution < 1.29 is 14.3 Å². The number of nitrogens with one attached hydrogen (secondary N) is 1. The van der Waals surface area contributed by atoms with Crippen LogP contribution in [0, 0.1) is 0 Å². The SMILES string of the molecule is CCNC(=NCc1ccc(OC)c(C(=O)OC)c1)N(C)Cc1cccn1C.I. The van der Waals surface area contributed by atoms with Crippen molar-refractivity contribution in [2.75, 3.05) is 27.8 Å². The van der Waals surface area contributed by atoms with Gasteiger partial charge in [-0.2, -0.15) is 0 Å². The lowest BCUT2D eigenvalue weighted by atomic mass is 10.1. The zero-order valence-electron chi connectivity index (χ0n) is 17.1. The van der Waals surface area contributed by atoms with E-state index in [1.807, 2.05) is 39.3 Å². The van der Waals surface area contributed by atoms with Crippen molar-refractivity contribution in [1.29, 1.82) is 0 Å². The Morgan fingerprint density at radius 1 is 1.29 bits per heavy atom. The van der Waals surface area contributed by atoms with Crippen LogP contribution >= 0.6 is 24.0 Å². The van der Waals surface area contributed by atoms with Crippen molar-refractivity contribution in [3.05, 3.63) is 53.3 Å². The first-order valence-electron chi connectivity index (χ1n) is 8.85. The lowest BCUT2D eigenvalue weighted by molar-refractivity contribution is 0.0597. The zero-order chi connectivity index (χ0) is 19.8. The molecule has 0 unspecified atom stereocenters.